The topological polar surface area (TPSA) is 41.5 Å². The van der Waals surface area contributed by atoms with Gasteiger partial charge in [-0.2, -0.15) is 0 Å². The summed E-state index contributed by atoms with van der Waals surface area (Å²) in [5.41, 5.74) is 2.70. The second-order valence-electron chi connectivity index (χ2n) is 5.68. The maximum Gasteiger partial charge on any atom is 0.122 e. The summed E-state index contributed by atoms with van der Waals surface area (Å²) in [6.45, 7) is 7.25. The van der Waals surface area contributed by atoms with Crippen LogP contribution in [0, 0.1) is 11.8 Å². The normalized spacial score (nSPS) is 15.4. The SMILES string of the molecule is CC(C)C(CO)CNCCc1ccc2c(c1)CCO2. The fourth-order valence-electron chi connectivity index (χ4n) is 2.43. The van der Waals surface area contributed by atoms with Crippen molar-refractivity contribution < 1.29 is 9.84 Å². The molecule has 0 aromatic heterocycles. The van der Waals surface area contributed by atoms with E-state index in [0.29, 0.717) is 11.8 Å². The molecule has 1 atom stereocenters. The highest BCUT2D eigenvalue weighted by Crippen LogP contribution is 2.25. The molecule has 106 valence electrons. The van der Waals surface area contributed by atoms with Gasteiger partial charge in [0.2, 0.25) is 0 Å². The fourth-order valence-corrected chi connectivity index (χ4v) is 2.43. The predicted octanol–water partition coefficient (Wildman–Crippen LogP) is 2.02. The van der Waals surface area contributed by atoms with Gasteiger partial charge in [-0.3, -0.25) is 0 Å². The zero-order chi connectivity index (χ0) is 13.7. The number of hydrogen-bond acceptors (Lipinski definition) is 3. The first-order chi connectivity index (χ1) is 9.20. The summed E-state index contributed by atoms with van der Waals surface area (Å²) >= 11 is 0. The highest BCUT2D eigenvalue weighted by atomic mass is 16.5. The van der Waals surface area contributed by atoms with Crippen LogP contribution >= 0.6 is 0 Å². The van der Waals surface area contributed by atoms with Gasteiger partial charge in [0.1, 0.15) is 5.75 Å². The molecule has 1 aliphatic rings. The summed E-state index contributed by atoms with van der Waals surface area (Å²) in [5.74, 6) is 1.93. The van der Waals surface area contributed by atoms with Crippen molar-refractivity contribution >= 4 is 0 Å². The lowest BCUT2D eigenvalue weighted by Gasteiger charge is -2.18. The Bertz CT molecular complexity index is 404. The van der Waals surface area contributed by atoms with Crippen molar-refractivity contribution in [2.45, 2.75) is 26.7 Å². The zero-order valence-electron chi connectivity index (χ0n) is 12.0. The monoisotopic (exact) mass is 263 g/mol. The molecule has 0 spiro atoms. The lowest BCUT2D eigenvalue weighted by Crippen LogP contribution is -2.30. The molecular weight excluding hydrogens is 238 g/mol. The van der Waals surface area contributed by atoms with E-state index in [4.69, 9.17) is 4.74 Å². The highest BCUT2D eigenvalue weighted by Gasteiger charge is 2.13. The third kappa shape index (κ3) is 3.95. The minimum absolute atomic E-state index is 0.265. The number of aliphatic hydroxyl groups is 1. The summed E-state index contributed by atoms with van der Waals surface area (Å²) in [5, 5.41) is 12.7. The van der Waals surface area contributed by atoms with E-state index in [0.717, 1.165) is 38.3 Å². The third-order valence-electron chi connectivity index (χ3n) is 3.93. The van der Waals surface area contributed by atoms with Gasteiger partial charge >= 0.3 is 0 Å². The number of ether oxygens (including phenoxy) is 1. The molecule has 2 rings (SSSR count). The van der Waals surface area contributed by atoms with Gasteiger partial charge in [0.25, 0.3) is 0 Å². The van der Waals surface area contributed by atoms with Gasteiger partial charge in [0.15, 0.2) is 0 Å². The summed E-state index contributed by atoms with van der Waals surface area (Å²) in [4.78, 5) is 0. The quantitative estimate of drug-likeness (QED) is 0.740. The Balaban J connectivity index is 1.74. The van der Waals surface area contributed by atoms with Crippen LogP contribution in [0.2, 0.25) is 0 Å². The van der Waals surface area contributed by atoms with Crippen LogP contribution in [0.4, 0.5) is 0 Å². The molecule has 0 saturated carbocycles. The Labute approximate surface area is 116 Å². The van der Waals surface area contributed by atoms with Crippen LogP contribution in [-0.2, 0) is 12.8 Å². The van der Waals surface area contributed by atoms with Crippen LogP contribution in [-0.4, -0.2) is 31.4 Å². The van der Waals surface area contributed by atoms with E-state index in [2.05, 4.69) is 37.4 Å². The lowest BCUT2D eigenvalue weighted by molar-refractivity contribution is 0.186. The van der Waals surface area contributed by atoms with E-state index >= 15 is 0 Å². The van der Waals surface area contributed by atoms with Crippen molar-refractivity contribution in [2.24, 2.45) is 11.8 Å². The van der Waals surface area contributed by atoms with Gasteiger partial charge in [-0.05, 0) is 42.0 Å². The van der Waals surface area contributed by atoms with Crippen LogP contribution in [0.15, 0.2) is 18.2 Å². The molecule has 1 aromatic rings. The van der Waals surface area contributed by atoms with Gasteiger partial charge in [0, 0.05) is 19.6 Å². The van der Waals surface area contributed by atoms with Gasteiger partial charge < -0.3 is 15.2 Å². The molecule has 0 bridgehead atoms. The minimum Gasteiger partial charge on any atom is -0.493 e. The van der Waals surface area contributed by atoms with Gasteiger partial charge in [-0.15, -0.1) is 0 Å². The molecule has 0 aliphatic carbocycles. The maximum absolute atomic E-state index is 9.26. The van der Waals surface area contributed by atoms with Gasteiger partial charge in [0.05, 0.1) is 6.61 Å². The second kappa shape index (κ2) is 6.92. The Hall–Kier alpha value is -1.06. The Morgan fingerprint density at radius 1 is 1.37 bits per heavy atom. The molecule has 1 unspecified atom stereocenters. The van der Waals surface area contributed by atoms with E-state index in [9.17, 15) is 5.11 Å². The molecule has 3 nitrogen and oxygen atoms in total. The number of aliphatic hydroxyl groups excluding tert-OH is 1. The van der Waals surface area contributed by atoms with Crippen molar-refractivity contribution in [3.63, 3.8) is 0 Å². The summed E-state index contributed by atoms with van der Waals surface area (Å²) in [6, 6.07) is 6.50. The molecule has 1 aromatic carbocycles. The maximum atomic E-state index is 9.26. The first-order valence-electron chi connectivity index (χ1n) is 7.27. The van der Waals surface area contributed by atoms with Crippen LogP contribution in [0.25, 0.3) is 0 Å². The lowest BCUT2D eigenvalue weighted by atomic mass is 9.97. The van der Waals surface area contributed by atoms with E-state index in [1.165, 1.54) is 11.1 Å². The van der Waals surface area contributed by atoms with E-state index in [-0.39, 0.29) is 6.61 Å². The van der Waals surface area contributed by atoms with Crippen LogP contribution < -0.4 is 10.1 Å². The van der Waals surface area contributed by atoms with Gasteiger partial charge in [-0.1, -0.05) is 26.0 Å². The summed E-state index contributed by atoms with van der Waals surface area (Å²) in [6.07, 6.45) is 2.07. The fraction of sp³-hybridized carbons (Fsp3) is 0.625. The van der Waals surface area contributed by atoms with Crippen LogP contribution in [0.1, 0.15) is 25.0 Å². The van der Waals surface area contributed by atoms with Crippen molar-refractivity contribution in [1.29, 1.82) is 0 Å². The van der Waals surface area contributed by atoms with Crippen LogP contribution in [0.5, 0.6) is 5.75 Å². The van der Waals surface area contributed by atoms with Crippen LogP contribution in [0.3, 0.4) is 0 Å². The number of fused-ring (bicyclic) bond motifs is 1. The molecule has 0 saturated heterocycles. The molecule has 0 amide bonds. The zero-order valence-corrected chi connectivity index (χ0v) is 12.0. The minimum atomic E-state index is 0.265. The number of rotatable bonds is 7. The molecule has 2 N–H and O–H groups in total. The van der Waals surface area contributed by atoms with Crippen molar-refractivity contribution in [2.75, 3.05) is 26.3 Å². The number of benzene rings is 1. The average molecular weight is 263 g/mol. The number of nitrogens with one attached hydrogen (secondary N) is 1. The smallest absolute Gasteiger partial charge is 0.122 e. The standard InChI is InChI=1S/C16H25NO2/c1-12(2)15(11-18)10-17-7-5-13-3-4-16-14(9-13)6-8-19-16/h3-4,9,12,15,17-18H,5-8,10-11H2,1-2H3. The van der Waals surface area contributed by atoms with Crippen molar-refractivity contribution in [1.82, 2.24) is 5.32 Å². The Kier molecular flexibility index (Phi) is 5.23. The van der Waals surface area contributed by atoms with E-state index < -0.39 is 0 Å². The molecule has 1 heterocycles. The van der Waals surface area contributed by atoms with E-state index in [1.54, 1.807) is 0 Å². The number of hydrogen-bond donors (Lipinski definition) is 2. The molecule has 1 aliphatic heterocycles. The second-order valence-corrected chi connectivity index (χ2v) is 5.68. The Morgan fingerprint density at radius 2 is 2.21 bits per heavy atom. The summed E-state index contributed by atoms with van der Waals surface area (Å²) < 4.78 is 5.51. The summed E-state index contributed by atoms with van der Waals surface area (Å²) in [7, 11) is 0. The first kappa shape index (κ1) is 14.4. The van der Waals surface area contributed by atoms with Gasteiger partial charge in [-0.25, -0.2) is 0 Å². The largest absolute Gasteiger partial charge is 0.493 e. The first-order valence-corrected chi connectivity index (χ1v) is 7.27. The predicted molar refractivity (Wildman–Crippen MR) is 77.6 cm³/mol. The molecular formula is C16H25NO2. The molecule has 19 heavy (non-hydrogen) atoms. The molecule has 0 radical (unpaired) electrons. The highest BCUT2D eigenvalue weighted by molar-refractivity contribution is 5.39. The molecule has 0 fully saturated rings. The van der Waals surface area contributed by atoms with E-state index in [1.807, 2.05) is 0 Å². The van der Waals surface area contributed by atoms with Crippen molar-refractivity contribution in [3.05, 3.63) is 29.3 Å². The molecule has 3 heteroatoms. The average Bonchev–Trinajstić information content (AvgIpc) is 2.85. The third-order valence-corrected chi connectivity index (χ3v) is 3.93. The van der Waals surface area contributed by atoms with Crippen molar-refractivity contribution in [3.8, 4) is 5.75 Å². The Morgan fingerprint density at radius 3 is 2.95 bits per heavy atom.